The average Bonchev–Trinajstić information content (AvgIpc) is 2.57. The first kappa shape index (κ1) is 12.1. The molecule has 1 atom stereocenters. The molecule has 1 N–H and O–H groups in total. The highest BCUT2D eigenvalue weighted by molar-refractivity contribution is 5.45. The number of hydrogen-bond acceptors (Lipinski definition) is 3. The van der Waals surface area contributed by atoms with Crippen LogP contribution in [0.3, 0.4) is 0 Å². The largest absolute Gasteiger partial charge is 0.452 e. The summed E-state index contributed by atoms with van der Waals surface area (Å²) < 4.78 is 19.7. The fourth-order valence-electron chi connectivity index (χ4n) is 2.51. The summed E-state index contributed by atoms with van der Waals surface area (Å²) in [5.41, 5.74) is 1.77. The van der Waals surface area contributed by atoms with Crippen LogP contribution in [0.25, 0.3) is 0 Å². The maximum Gasteiger partial charge on any atom is 0.166 e. The van der Waals surface area contributed by atoms with E-state index in [0.29, 0.717) is 11.5 Å². The molecule has 4 heteroatoms. The highest BCUT2D eigenvalue weighted by Gasteiger charge is 2.25. The number of aromatic nitrogens is 1. The molecule has 0 fully saturated rings. The van der Waals surface area contributed by atoms with Crippen LogP contribution in [-0.2, 0) is 6.42 Å². The number of nitrogens with one attached hydrogen (secondary N) is 1. The van der Waals surface area contributed by atoms with Gasteiger partial charge in [-0.25, -0.2) is 4.39 Å². The Labute approximate surface area is 111 Å². The summed E-state index contributed by atoms with van der Waals surface area (Å²) in [4.78, 5) is 4.35. The van der Waals surface area contributed by atoms with Gasteiger partial charge in [0.1, 0.15) is 5.75 Å². The third kappa shape index (κ3) is 2.19. The van der Waals surface area contributed by atoms with Gasteiger partial charge >= 0.3 is 0 Å². The minimum atomic E-state index is -0.324. The maximum absolute atomic E-state index is 14.0. The molecular weight excluding hydrogens is 243 g/mol. The van der Waals surface area contributed by atoms with Gasteiger partial charge in [0, 0.05) is 30.6 Å². The molecule has 0 spiro atoms. The minimum Gasteiger partial charge on any atom is -0.452 e. The Morgan fingerprint density at radius 2 is 2.26 bits per heavy atom. The molecule has 1 aromatic heterocycles. The van der Waals surface area contributed by atoms with Crippen molar-refractivity contribution in [2.75, 3.05) is 13.6 Å². The second kappa shape index (κ2) is 4.97. The normalized spacial score (nSPS) is 17.1. The van der Waals surface area contributed by atoms with Gasteiger partial charge in [-0.05, 0) is 25.2 Å². The molecule has 3 rings (SSSR count). The third-order valence-corrected chi connectivity index (χ3v) is 3.39. The van der Waals surface area contributed by atoms with Crippen LogP contribution in [0, 0.1) is 5.82 Å². The molecule has 1 aromatic carbocycles. The highest BCUT2D eigenvalue weighted by atomic mass is 19.1. The van der Waals surface area contributed by atoms with Crippen LogP contribution >= 0.6 is 0 Å². The molecule has 1 aliphatic rings. The third-order valence-electron chi connectivity index (χ3n) is 3.39. The zero-order valence-electron chi connectivity index (χ0n) is 10.7. The summed E-state index contributed by atoms with van der Waals surface area (Å²) in [7, 11) is 1.89. The number of ether oxygens (including phenoxy) is 1. The predicted molar refractivity (Wildman–Crippen MR) is 71.1 cm³/mol. The fraction of sp³-hybridized carbons (Fsp3) is 0.267. The van der Waals surface area contributed by atoms with Crippen molar-refractivity contribution in [1.29, 1.82) is 0 Å². The number of halogens is 1. The number of nitrogens with zero attached hydrogens (tertiary/aromatic N) is 1. The smallest absolute Gasteiger partial charge is 0.166 e. The van der Waals surface area contributed by atoms with Crippen molar-refractivity contribution in [1.82, 2.24) is 10.3 Å². The van der Waals surface area contributed by atoms with Crippen LogP contribution in [0.2, 0.25) is 0 Å². The van der Waals surface area contributed by atoms with Crippen LogP contribution < -0.4 is 10.1 Å². The van der Waals surface area contributed by atoms with E-state index in [9.17, 15) is 4.39 Å². The van der Waals surface area contributed by atoms with Gasteiger partial charge in [0.05, 0.1) is 5.69 Å². The van der Waals surface area contributed by atoms with Crippen molar-refractivity contribution in [3.63, 3.8) is 0 Å². The summed E-state index contributed by atoms with van der Waals surface area (Å²) in [6.07, 6.45) is 2.48. The molecule has 2 aromatic rings. The Kier molecular flexibility index (Phi) is 3.17. The van der Waals surface area contributed by atoms with E-state index in [4.69, 9.17) is 4.74 Å². The van der Waals surface area contributed by atoms with Gasteiger partial charge in [-0.2, -0.15) is 0 Å². The number of pyridine rings is 1. The number of rotatable bonds is 2. The van der Waals surface area contributed by atoms with E-state index in [1.165, 1.54) is 6.07 Å². The zero-order chi connectivity index (χ0) is 13.2. The molecule has 19 heavy (non-hydrogen) atoms. The van der Waals surface area contributed by atoms with Crippen molar-refractivity contribution in [3.8, 4) is 11.5 Å². The van der Waals surface area contributed by atoms with Gasteiger partial charge in [-0.15, -0.1) is 0 Å². The molecular formula is C15H15FN2O. The molecule has 0 amide bonds. The Morgan fingerprint density at radius 3 is 3.11 bits per heavy atom. The van der Waals surface area contributed by atoms with Crippen LogP contribution in [-0.4, -0.2) is 18.6 Å². The Balaban J connectivity index is 2.13. The number of benzene rings is 1. The van der Waals surface area contributed by atoms with E-state index >= 15 is 0 Å². The second-order valence-electron chi connectivity index (χ2n) is 4.67. The van der Waals surface area contributed by atoms with Crippen molar-refractivity contribution in [2.24, 2.45) is 0 Å². The molecule has 0 bridgehead atoms. The van der Waals surface area contributed by atoms with Crippen molar-refractivity contribution in [3.05, 3.63) is 53.6 Å². The first-order valence-electron chi connectivity index (χ1n) is 6.34. The monoisotopic (exact) mass is 258 g/mol. The molecule has 2 heterocycles. The molecule has 3 nitrogen and oxygen atoms in total. The standard InChI is InChI=1S/C15H15FN2O/c1-17-9-10-8-13-14(6-3-7-18-13)19-15-11(10)4-2-5-12(15)16/h2-7,10,17H,8-9H2,1H3/t10-/m0/s1. The molecule has 0 unspecified atom stereocenters. The molecule has 0 saturated carbocycles. The van der Waals surface area contributed by atoms with Gasteiger partial charge < -0.3 is 10.1 Å². The summed E-state index contributed by atoms with van der Waals surface area (Å²) in [5.74, 6) is 0.809. The molecule has 0 saturated heterocycles. The van der Waals surface area contributed by atoms with E-state index in [0.717, 1.165) is 24.2 Å². The molecule has 0 aliphatic carbocycles. The van der Waals surface area contributed by atoms with Gasteiger partial charge in [0.25, 0.3) is 0 Å². The summed E-state index contributed by atoms with van der Waals surface area (Å²) in [5, 5.41) is 3.15. The molecule has 0 radical (unpaired) electrons. The van der Waals surface area contributed by atoms with Crippen molar-refractivity contribution < 1.29 is 9.13 Å². The first-order valence-corrected chi connectivity index (χ1v) is 6.34. The topological polar surface area (TPSA) is 34.2 Å². The van der Waals surface area contributed by atoms with Gasteiger partial charge in [0.2, 0.25) is 0 Å². The Morgan fingerprint density at radius 1 is 1.37 bits per heavy atom. The number of hydrogen-bond donors (Lipinski definition) is 1. The predicted octanol–water partition coefficient (Wildman–Crippen LogP) is 2.87. The fourth-order valence-corrected chi connectivity index (χ4v) is 2.51. The van der Waals surface area contributed by atoms with Gasteiger partial charge in [0.15, 0.2) is 11.6 Å². The second-order valence-corrected chi connectivity index (χ2v) is 4.67. The van der Waals surface area contributed by atoms with Crippen molar-refractivity contribution >= 4 is 0 Å². The first-order chi connectivity index (χ1) is 9.29. The molecule has 98 valence electrons. The quantitative estimate of drug-likeness (QED) is 0.899. The van der Waals surface area contributed by atoms with Gasteiger partial charge in [-0.1, -0.05) is 12.1 Å². The summed E-state index contributed by atoms with van der Waals surface area (Å²) in [6, 6.07) is 8.71. The van der Waals surface area contributed by atoms with E-state index in [1.54, 1.807) is 18.3 Å². The maximum atomic E-state index is 14.0. The number of likely N-dealkylation sites (N-methyl/N-ethyl adjacent to an activating group) is 1. The lowest BCUT2D eigenvalue weighted by molar-refractivity contribution is 0.436. The zero-order valence-corrected chi connectivity index (χ0v) is 10.7. The van der Waals surface area contributed by atoms with Crippen LogP contribution in [0.1, 0.15) is 17.2 Å². The minimum absolute atomic E-state index is 0.159. The number of para-hydroxylation sites is 1. The highest BCUT2D eigenvalue weighted by Crippen LogP contribution is 2.39. The van der Waals surface area contributed by atoms with Gasteiger partial charge in [-0.3, -0.25) is 4.98 Å². The average molecular weight is 258 g/mol. The van der Waals surface area contributed by atoms with Crippen molar-refractivity contribution in [2.45, 2.75) is 12.3 Å². The van der Waals surface area contributed by atoms with E-state index in [-0.39, 0.29) is 11.7 Å². The van der Waals surface area contributed by atoms with Crippen LogP contribution in [0.15, 0.2) is 36.5 Å². The van der Waals surface area contributed by atoms with Crippen LogP contribution in [0.4, 0.5) is 4.39 Å². The van der Waals surface area contributed by atoms with E-state index in [1.807, 2.05) is 19.2 Å². The Bertz CT molecular complexity index is 600. The lowest BCUT2D eigenvalue weighted by Gasteiger charge is -2.16. The lowest BCUT2D eigenvalue weighted by Crippen LogP contribution is -2.19. The summed E-state index contributed by atoms with van der Waals surface area (Å²) in [6.45, 7) is 0.760. The SMILES string of the molecule is CNC[C@@H]1Cc2ncccc2Oc2c(F)cccc21. The van der Waals surface area contributed by atoms with E-state index < -0.39 is 0 Å². The number of fused-ring (bicyclic) bond motifs is 2. The summed E-state index contributed by atoms with van der Waals surface area (Å²) >= 11 is 0. The van der Waals surface area contributed by atoms with E-state index in [2.05, 4.69) is 10.3 Å². The lowest BCUT2D eigenvalue weighted by atomic mass is 9.93. The van der Waals surface area contributed by atoms with Crippen LogP contribution in [0.5, 0.6) is 11.5 Å². The Hall–Kier alpha value is -1.94. The molecule has 1 aliphatic heterocycles.